The minimum atomic E-state index is -0.574. The standard InChI is InChI=1S/C25H25N7O/c1-25(33)7-11-31(12-8-25)22-5-4-19(15-28-22)29-23-24-27-10-13-32(24)16-21(30-23)18-3-2-17-6-9-26-20(17)14-18/h2-6,9-10,13-16,26,33H,7-8,11-12H2,1H3,(H,29,30). The maximum Gasteiger partial charge on any atom is 0.180 e. The Morgan fingerprint density at radius 2 is 1.97 bits per heavy atom. The number of aliphatic hydroxyl groups is 1. The van der Waals surface area contributed by atoms with Gasteiger partial charge in [-0.1, -0.05) is 12.1 Å². The van der Waals surface area contributed by atoms with Crippen LogP contribution in [0, 0.1) is 0 Å². The van der Waals surface area contributed by atoms with Crippen molar-refractivity contribution in [1.82, 2.24) is 24.3 Å². The molecular weight excluding hydrogens is 414 g/mol. The molecule has 1 aromatic carbocycles. The van der Waals surface area contributed by atoms with Crippen LogP contribution in [-0.2, 0) is 0 Å². The first kappa shape index (κ1) is 19.8. The van der Waals surface area contributed by atoms with Crippen LogP contribution in [0.15, 0.2) is 67.4 Å². The number of H-pyrrole nitrogens is 1. The molecule has 0 aliphatic carbocycles. The van der Waals surface area contributed by atoms with E-state index < -0.39 is 5.60 Å². The third kappa shape index (κ3) is 3.78. The molecule has 8 nitrogen and oxygen atoms in total. The monoisotopic (exact) mass is 439 g/mol. The summed E-state index contributed by atoms with van der Waals surface area (Å²) in [4.78, 5) is 19.5. The van der Waals surface area contributed by atoms with Gasteiger partial charge in [0, 0.05) is 49.0 Å². The highest BCUT2D eigenvalue weighted by molar-refractivity contribution is 5.84. The molecule has 6 rings (SSSR count). The number of aromatic amines is 1. The van der Waals surface area contributed by atoms with Gasteiger partial charge in [-0.15, -0.1) is 0 Å². The lowest BCUT2D eigenvalue weighted by Gasteiger charge is -2.36. The Labute approximate surface area is 191 Å². The number of piperidine rings is 1. The summed E-state index contributed by atoms with van der Waals surface area (Å²) in [5.74, 6) is 1.59. The number of pyridine rings is 1. The molecule has 4 aromatic heterocycles. The van der Waals surface area contributed by atoms with Gasteiger partial charge in [0.25, 0.3) is 0 Å². The largest absolute Gasteiger partial charge is 0.390 e. The first-order chi connectivity index (χ1) is 16.0. The SMILES string of the molecule is CC1(O)CCN(c2ccc(Nc3nc(-c4ccc5cc[nH]c5c4)cn4ccnc34)cn2)CC1. The molecule has 1 saturated heterocycles. The molecule has 1 aliphatic heterocycles. The van der Waals surface area contributed by atoms with Crippen molar-refractivity contribution in [3.05, 3.63) is 67.4 Å². The number of anilines is 3. The van der Waals surface area contributed by atoms with Crippen LogP contribution in [0.1, 0.15) is 19.8 Å². The van der Waals surface area contributed by atoms with Gasteiger partial charge in [-0.3, -0.25) is 0 Å². The quantitative estimate of drug-likeness (QED) is 0.385. The summed E-state index contributed by atoms with van der Waals surface area (Å²) >= 11 is 0. The molecule has 0 saturated carbocycles. The van der Waals surface area contributed by atoms with E-state index in [9.17, 15) is 5.11 Å². The van der Waals surface area contributed by atoms with Crippen LogP contribution in [0.3, 0.4) is 0 Å². The van der Waals surface area contributed by atoms with Crippen molar-refractivity contribution in [3.8, 4) is 11.3 Å². The highest BCUT2D eigenvalue weighted by Crippen LogP contribution is 2.28. The topological polar surface area (TPSA) is 94.4 Å². The van der Waals surface area contributed by atoms with Crippen molar-refractivity contribution < 1.29 is 5.11 Å². The van der Waals surface area contributed by atoms with E-state index in [0.29, 0.717) is 5.82 Å². The van der Waals surface area contributed by atoms with Crippen LogP contribution in [0.5, 0.6) is 0 Å². The van der Waals surface area contributed by atoms with Crippen molar-refractivity contribution in [2.75, 3.05) is 23.3 Å². The van der Waals surface area contributed by atoms with Gasteiger partial charge < -0.3 is 24.7 Å². The summed E-state index contributed by atoms with van der Waals surface area (Å²) in [5.41, 5.74) is 3.98. The normalized spacial score (nSPS) is 15.9. The van der Waals surface area contributed by atoms with Crippen LogP contribution >= 0.6 is 0 Å². The first-order valence-corrected chi connectivity index (χ1v) is 11.2. The Hall–Kier alpha value is -3.91. The maximum absolute atomic E-state index is 10.2. The molecule has 0 spiro atoms. The lowest BCUT2D eigenvalue weighted by Crippen LogP contribution is -2.42. The minimum Gasteiger partial charge on any atom is -0.390 e. The molecule has 166 valence electrons. The van der Waals surface area contributed by atoms with Crippen LogP contribution in [0.2, 0.25) is 0 Å². The molecule has 5 heterocycles. The lowest BCUT2D eigenvalue weighted by molar-refractivity contribution is 0.0350. The van der Waals surface area contributed by atoms with E-state index in [0.717, 1.165) is 59.9 Å². The number of nitrogens with one attached hydrogen (secondary N) is 2. The Kier molecular flexibility index (Phi) is 4.55. The minimum absolute atomic E-state index is 0.574. The predicted molar refractivity (Wildman–Crippen MR) is 130 cm³/mol. The van der Waals surface area contributed by atoms with E-state index in [-0.39, 0.29) is 0 Å². The van der Waals surface area contributed by atoms with E-state index in [4.69, 9.17) is 4.98 Å². The number of nitrogens with zero attached hydrogens (tertiary/aromatic N) is 5. The first-order valence-electron chi connectivity index (χ1n) is 11.2. The molecule has 1 aliphatic rings. The lowest BCUT2D eigenvalue weighted by atomic mass is 9.94. The maximum atomic E-state index is 10.2. The number of benzene rings is 1. The smallest absolute Gasteiger partial charge is 0.180 e. The van der Waals surface area contributed by atoms with Crippen molar-refractivity contribution in [2.45, 2.75) is 25.4 Å². The van der Waals surface area contributed by atoms with Crippen LogP contribution in [0.4, 0.5) is 17.3 Å². The zero-order chi connectivity index (χ0) is 22.4. The van der Waals surface area contributed by atoms with Gasteiger partial charge in [0.15, 0.2) is 11.5 Å². The second-order valence-electron chi connectivity index (χ2n) is 8.93. The summed E-state index contributed by atoms with van der Waals surface area (Å²) < 4.78 is 1.98. The van der Waals surface area contributed by atoms with E-state index >= 15 is 0 Å². The summed E-state index contributed by atoms with van der Waals surface area (Å²) in [5, 5.41) is 14.8. The molecule has 0 bridgehead atoms. The Morgan fingerprint density at radius 3 is 2.79 bits per heavy atom. The number of imidazole rings is 1. The molecule has 0 amide bonds. The van der Waals surface area contributed by atoms with Gasteiger partial charge in [-0.2, -0.15) is 0 Å². The Bertz CT molecular complexity index is 1420. The molecule has 0 radical (unpaired) electrons. The van der Waals surface area contributed by atoms with E-state index in [2.05, 4.69) is 49.4 Å². The number of hydrogen-bond acceptors (Lipinski definition) is 6. The van der Waals surface area contributed by atoms with Gasteiger partial charge in [-0.05, 0) is 49.4 Å². The second kappa shape index (κ2) is 7.60. The number of aromatic nitrogens is 5. The predicted octanol–water partition coefficient (Wildman–Crippen LogP) is 4.37. The number of hydrogen-bond donors (Lipinski definition) is 3. The van der Waals surface area contributed by atoms with Crippen molar-refractivity contribution in [2.24, 2.45) is 0 Å². The molecule has 5 aromatic rings. The molecule has 0 unspecified atom stereocenters. The van der Waals surface area contributed by atoms with Gasteiger partial charge in [-0.25, -0.2) is 15.0 Å². The highest BCUT2D eigenvalue weighted by atomic mass is 16.3. The average molecular weight is 440 g/mol. The van der Waals surface area contributed by atoms with Gasteiger partial charge in [0.05, 0.1) is 23.2 Å². The molecular formula is C25H25N7O. The zero-order valence-corrected chi connectivity index (χ0v) is 18.4. The summed E-state index contributed by atoms with van der Waals surface area (Å²) in [6.07, 6.45) is 10.9. The van der Waals surface area contributed by atoms with Crippen LogP contribution in [0.25, 0.3) is 27.8 Å². The van der Waals surface area contributed by atoms with Crippen LogP contribution < -0.4 is 10.2 Å². The van der Waals surface area contributed by atoms with E-state index in [1.807, 2.05) is 48.2 Å². The molecule has 33 heavy (non-hydrogen) atoms. The third-order valence-corrected chi connectivity index (χ3v) is 6.40. The van der Waals surface area contributed by atoms with Crippen LogP contribution in [-0.4, -0.2) is 48.1 Å². The Morgan fingerprint density at radius 1 is 1.09 bits per heavy atom. The molecule has 3 N–H and O–H groups in total. The van der Waals surface area contributed by atoms with Gasteiger partial charge >= 0.3 is 0 Å². The molecule has 0 atom stereocenters. The van der Waals surface area contributed by atoms with E-state index in [1.54, 1.807) is 6.20 Å². The summed E-state index contributed by atoms with van der Waals surface area (Å²) in [7, 11) is 0. The van der Waals surface area contributed by atoms with Gasteiger partial charge in [0.1, 0.15) is 5.82 Å². The fraction of sp³-hybridized carbons (Fsp3) is 0.240. The fourth-order valence-electron chi connectivity index (χ4n) is 4.36. The Balaban J connectivity index is 1.29. The highest BCUT2D eigenvalue weighted by Gasteiger charge is 2.27. The van der Waals surface area contributed by atoms with Gasteiger partial charge in [0.2, 0.25) is 0 Å². The molecule has 1 fully saturated rings. The third-order valence-electron chi connectivity index (χ3n) is 6.40. The summed E-state index contributed by atoms with van der Waals surface area (Å²) in [6, 6.07) is 12.4. The number of fused-ring (bicyclic) bond motifs is 2. The fourth-order valence-corrected chi connectivity index (χ4v) is 4.36. The molecule has 8 heteroatoms. The summed E-state index contributed by atoms with van der Waals surface area (Å²) in [6.45, 7) is 3.50. The zero-order valence-electron chi connectivity index (χ0n) is 18.4. The van der Waals surface area contributed by atoms with E-state index in [1.165, 1.54) is 5.39 Å². The average Bonchev–Trinajstić information content (AvgIpc) is 3.48. The second-order valence-corrected chi connectivity index (χ2v) is 8.93. The van der Waals surface area contributed by atoms with Crippen molar-refractivity contribution >= 4 is 33.9 Å². The number of rotatable bonds is 4. The van der Waals surface area contributed by atoms with Crippen molar-refractivity contribution in [3.63, 3.8) is 0 Å². The van der Waals surface area contributed by atoms with Crippen molar-refractivity contribution in [1.29, 1.82) is 0 Å².